The molecule has 0 aromatic carbocycles. The topological polar surface area (TPSA) is 125 Å². The molecule has 4 rings (SSSR count). The lowest BCUT2D eigenvalue weighted by atomic mass is 9.76. The van der Waals surface area contributed by atoms with Crippen LogP contribution in [0.5, 0.6) is 0 Å². The fourth-order valence-electron chi connectivity index (χ4n) is 4.52. The maximum Gasteiger partial charge on any atom is 0.255 e. The molecule has 1 atom stereocenters. The van der Waals surface area contributed by atoms with Gasteiger partial charge in [-0.2, -0.15) is 0 Å². The number of H-pyrrole nitrogens is 1. The van der Waals surface area contributed by atoms with Crippen molar-refractivity contribution in [3.63, 3.8) is 0 Å². The molecule has 9 nitrogen and oxygen atoms in total. The second-order valence-electron chi connectivity index (χ2n) is 7.71. The third-order valence-electron chi connectivity index (χ3n) is 6.22. The van der Waals surface area contributed by atoms with E-state index in [2.05, 4.69) is 9.88 Å². The first-order valence-corrected chi connectivity index (χ1v) is 9.66. The van der Waals surface area contributed by atoms with Gasteiger partial charge in [0.05, 0.1) is 25.5 Å². The number of rotatable bonds is 3. The van der Waals surface area contributed by atoms with E-state index in [0.717, 1.165) is 50.0 Å². The highest BCUT2D eigenvalue weighted by Crippen LogP contribution is 2.44. The smallest absolute Gasteiger partial charge is 0.255 e. The summed E-state index contributed by atoms with van der Waals surface area (Å²) in [7, 11) is 0. The predicted octanol–water partition coefficient (Wildman–Crippen LogP) is -0.846. The Morgan fingerprint density at radius 3 is 2.57 bits per heavy atom. The van der Waals surface area contributed by atoms with E-state index in [9.17, 15) is 9.59 Å². The second-order valence-corrected chi connectivity index (χ2v) is 7.71. The predicted molar refractivity (Wildman–Crippen MR) is 106 cm³/mol. The molecule has 28 heavy (non-hydrogen) atoms. The summed E-state index contributed by atoms with van der Waals surface area (Å²) < 4.78 is 5.39. The number of likely N-dealkylation sites (tertiary alicyclic amines) is 1. The summed E-state index contributed by atoms with van der Waals surface area (Å²) in [4.78, 5) is 36.5. The van der Waals surface area contributed by atoms with Gasteiger partial charge in [-0.05, 0) is 25.7 Å². The summed E-state index contributed by atoms with van der Waals surface area (Å²) in [6.07, 6.45) is 3.15. The molecule has 0 saturated carbocycles. The van der Waals surface area contributed by atoms with Crippen LogP contribution in [0.2, 0.25) is 0 Å². The Kier molecular flexibility index (Phi) is 6.28. The molecule has 0 unspecified atom stereocenters. The number of aromatic nitrogens is 2. The molecule has 1 spiro atoms. The van der Waals surface area contributed by atoms with E-state index in [1.165, 1.54) is 0 Å². The Morgan fingerprint density at radius 1 is 1.25 bits per heavy atom. The van der Waals surface area contributed by atoms with Crippen molar-refractivity contribution < 1.29 is 14.6 Å². The largest absolute Gasteiger partial charge is 0.394 e. The Labute approximate surface area is 169 Å². The number of carbonyl (C=O) groups excluding carboxylic acids is 1. The van der Waals surface area contributed by atoms with E-state index in [1.54, 1.807) is 4.90 Å². The fourth-order valence-corrected chi connectivity index (χ4v) is 4.52. The van der Waals surface area contributed by atoms with Gasteiger partial charge in [0.2, 0.25) is 11.9 Å². The number of nitrogens with one attached hydrogen (secondary N) is 1. The molecule has 1 aliphatic carbocycles. The molecule has 156 valence electrons. The first-order chi connectivity index (χ1) is 13.0. The average molecular weight is 414 g/mol. The van der Waals surface area contributed by atoms with Gasteiger partial charge in [0, 0.05) is 37.2 Å². The Hall–Kier alpha value is -1.68. The summed E-state index contributed by atoms with van der Waals surface area (Å²) >= 11 is 0. The van der Waals surface area contributed by atoms with Crippen LogP contribution in [0.25, 0.3) is 0 Å². The molecule has 0 radical (unpaired) electrons. The van der Waals surface area contributed by atoms with Gasteiger partial charge in [-0.3, -0.25) is 14.6 Å². The highest BCUT2D eigenvalue weighted by atomic mass is 35.5. The zero-order chi connectivity index (χ0) is 19.0. The molecule has 1 aromatic heterocycles. The van der Waals surface area contributed by atoms with Crippen molar-refractivity contribution in [2.45, 2.75) is 37.1 Å². The summed E-state index contributed by atoms with van der Waals surface area (Å²) in [6, 6.07) is -0.858. The number of ether oxygens (including phenoxy) is 1. The van der Waals surface area contributed by atoms with Crippen LogP contribution in [0.4, 0.5) is 5.95 Å². The SMILES string of the molecule is Cl.N[C@@H](CO)C(=O)N1CCC2(CCc3c2nc(N2CCOCC2)[nH]c3=O)CC1. The number of halogens is 1. The quantitative estimate of drug-likeness (QED) is 0.589. The number of aliphatic hydroxyl groups is 1. The van der Waals surface area contributed by atoms with Crippen LogP contribution in [0.3, 0.4) is 0 Å². The maximum absolute atomic E-state index is 12.6. The molecule has 2 saturated heterocycles. The summed E-state index contributed by atoms with van der Waals surface area (Å²) in [6.45, 7) is 3.51. The highest BCUT2D eigenvalue weighted by molar-refractivity contribution is 5.85. The number of nitrogens with two attached hydrogens (primary N) is 1. The number of carbonyl (C=O) groups is 1. The molecule has 2 fully saturated rings. The van der Waals surface area contributed by atoms with Gasteiger partial charge >= 0.3 is 0 Å². The molecule has 2 aliphatic heterocycles. The van der Waals surface area contributed by atoms with Gasteiger partial charge in [0.1, 0.15) is 6.04 Å². The third-order valence-corrected chi connectivity index (χ3v) is 6.22. The van der Waals surface area contributed by atoms with Gasteiger partial charge in [0.15, 0.2) is 0 Å². The average Bonchev–Trinajstić information content (AvgIpc) is 3.06. The minimum Gasteiger partial charge on any atom is -0.394 e. The number of aromatic amines is 1. The Balaban J connectivity index is 0.00000225. The number of hydrogen-bond donors (Lipinski definition) is 3. The van der Waals surface area contributed by atoms with Crippen LogP contribution < -0.4 is 16.2 Å². The summed E-state index contributed by atoms with van der Waals surface area (Å²) in [5.74, 6) is 0.419. The van der Waals surface area contributed by atoms with Crippen molar-refractivity contribution in [1.29, 1.82) is 0 Å². The third kappa shape index (κ3) is 3.63. The Morgan fingerprint density at radius 2 is 1.93 bits per heavy atom. The molecule has 10 heteroatoms. The van der Waals surface area contributed by atoms with Crippen molar-refractivity contribution in [3.8, 4) is 0 Å². The number of nitrogens with zero attached hydrogens (tertiary/aromatic N) is 3. The lowest BCUT2D eigenvalue weighted by Crippen LogP contribution is -2.51. The normalized spacial score (nSPS) is 21.9. The van der Waals surface area contributed by atoms with Gasteiger partial charge in [0.25, 0.3) is 5.56 Å². The van der Waals surface area contributed by atoms with Crippen LogP contribution in [0.15, 0.2) is 4.79 Å². The Bertz CT molecular complexity index is 772. The standard InChI is InChI=1S/C18H27N5O4.ClH/c19-13(11-24)16(26)22-5-3-18(4-6-22)2-1-12-14(18)20-17(21-15(12)25)23-7-9-27-10-8-23;/h13,24H,1-11,19H2,(H,20,21,25);1H/t13-;/m0./s1. The second kappa shape index (κ2) is 8.36. The minimum atomic E-state index is -0.858. The maximum atomic E-state index is 12.6. The number of piperidine rings is 1. The van der Waals surface area contributed by atoms with Gasteiger partial charge < -0.3 is 25.4 Å². The molecule has 4 N–H and O–H groups in total. The van der Waals surface area contributed by atoms with E-state index >= 15 is 0 Å². The first-order valence-electron chi connectivity index (χ1n) is 9.66. The van der Waals surface area contributed by atoms with Crippen LogP contribution >= 0.6 is 12.4 Å². The number of fused-ring (bicyclic) bond motifs is 2. The van der Waals surface area contributed by atoms with Gasteiger partial charge in [-0.25, -0.2) is 4.98 Å². The molecule has 3 heterocycles. The monoisotopic (exact) mass is 413 g/mol. The molecule has 0 bridgehead atoms. The van der Waals surface area contributed by atoms with Gasteiger partial charge in [-0.1, -0.05) is 0 Å². The summed E-state index contributed by atoms with van der Waals surface area (Å²) in [5.41, 5.74) is 7.19. The van der Waals surface area contributed by atoms with Crippen molar-refractivity contribution >= 4 is 24.3 Å². The molecular formula is C18H28ClN5O4. The molecule has 1 aromatic rings. The zero-order valence-corrected chi connectivity index (χ0v) is 16.7. The molecular weight excluding hydrogens is 386 g/mol. The number of morpholine rings is 1. The van der Waals surface area contributed by atoms with Crippen LogP contribution in [0.1, 0.15) is 30.5 Å². The minimum absolute atomic E-state index is 0. The molecule has 1 amide bonds. The zero-order valence-electron chi connectivity index (χ0n) is 15.9. The number of aliphatic hydroxyl groups excluding tert-OH is 1. The number of hydrogen-bond acceptors (Lipinski definition) is 7. The number of anilines is 1. The first kappa shape index (κ1) is 21.0. The lowest BCUT2D eigenvalue weighted by Gasteiger charge is -2.40. The van der Waals surface area contributed by atoms with E-state index in [1.807, 2.05) is 0 Å². The van der Waals surface area contributed by atoms with Crippen molar-refractivity contribution in [2.24, 2.45) is 5.73 Å². The number of amides is 1. The van der Waals surface area contributed by atoms with Crippen LogP contribution in [-0.4, -0.2) is 77.9 Å². The van der Waals surface area contributed by atoms with Crippen molar-refractivity contribution in [2.75, 3.05) is 50.9 Å². The van der Waals surface area contributed by atoms with E-state index in [0.29, 0.717) is 32.3 Å². The van der Waals surface area contributed by atoms with Crippen molar-refractivity contribution in [3.05, 3.63) is 21.6 Å². The van der Waals surface area contributed by atoms with Crippen molar-refractivity contribution in [1.82, 2.24) is 14.9 Å². The van der Waals surface area contributed by atoms with E-state index in [4.69, 9.17) is 20.6 Å². The van der Waals surface area contributed by atoms with E-state index in [-0.39, 0.29) is 35.9 Å². The molecule has 3 aliphatic rings. The highest BCUT2D eigenvalue weighted by Gasteiger charge is 2.45. The van der Waals surface area contributed by atoms with Crippen LogP contribution in [0, 0.1) is 0 Å². The van der Waals surface area contributed by atoms with E-state index < -0.39 is 6.04 Å². The summed E-state index contributed by atoms with van der Waals surface area (Å²) in [5, 5.41) is 9.12. The lowest BCUT2D eigenvalue weighted by molar-refractivity contribution is -0.135. The van der Waals surface area contributed by atoms with Crippen LogP contribution in [-0.2, 0) is 21.4 Å². The van der Waals surface area contributed by atoms with Gasteiger partial charge in [-0.15, -0.1) is 12.4 Å². The fraction of sp³-hybridized carbons (Fsp3) is 0.722.